The van der Waals surface area contributed by atoms with Crippen LogP contribution in [0.25, 0.3) is 0 Å². The zero-order valence-electron chi connectivity index (χ0n) is 11.5. The largest absolute Gasteiger partial charge is 0.480 e. The standard InChI is InChI=1S/C11H20N4O5/c1-3-13-9(17)6-15(2)11(20)14-7(10(18)19)4-5-8(12)16/h7H,3-6H2,1-2H3,(H2,12,16)(H,13,17)(H,14,20)(H,18,19)/t7-/m1/s1. The van der Waals surface area contributed by atoms with Gasteiger partial charge in [0.25, 0.3) is 0 Å². The number of carbonyl (C=O) groups excluding carboxylic acids is 3. The van der Waals surface area contributed by atoms with Gasteiger partial charge in [-0.05, 0) is 13.3 Å². The van der Waals surface area contributed by atoms with Crippen LogP contribution >= 0.6 is 0 Å². The number of hydrogen-bond donors (Lipinski definition) is 4. The van der Waals surface area contributed by atoms with Gasteiger partial charge in [0.05, 0.1) is 0 Å². The van der Waals surface area contributed by atoms with Crippen LogP contribution in [0, 0.1) is 0 Å². The number of carboxylic acids is 1. The molecule has 0 bridgehead atoms. The first-order valence-electron chi connectivity index (χ1n) is 6.07. The Hall–Kier alpha value is -2.32. The van der Waals surface area contributed by atoms with E-state index >= 15 is 0 Å². The van der Waals surface area contributed by atoms with E-state index < -0.39 is 23.9 Å². The number of likely N-dealkylation sites (N-methyl/N-ethyl adjacent to an activating group) is 2. The molecule has 1 atom stereocenters. The second kappa shape index (κ2) is 8.73. The van der Waals surface area contributed by atoms with Gasteiger partial charge in [0.1, 0.15) is 12.6 Å². The summed E-state index contributed by atoms with van der Waals surface area (Å²) in [6.07, 6.45) is -0.261. The molecule has 0 saturated heterocycles. The first kappa shape index (κ1) is 17.7. The van der Waals surface area contributed by atoms with Crippen molar-refractivity contribution in [3.63, 3.8) is 0 Å². The molecular weight excluding hydrogens is 268 g/mol. The molecule has 0 fully saturated rings. The lowest BCUT2D eigenvalue weighted by atomic mass is 10.1. The van der Waals surface area contributed by atoms with E-state index in [9.17, 15) is 19.2 Å². The smallest absolute Gasteiger partial charge is 0.326 e. The molecule has 0 aliphatic rings. The molecule has 20 heavy (non-hydrogen) atoms. The summed E-state index contributed by atoms with van der Waals surface area (Å²) in [6, 6.07) is -1.94. The molecule has 4 amide bonds. The molecule has 9 heteroatoms. The minimum absolute atomic E-state index is 0.106. The van der Waals surface area contributed by atoms with Crippen LogP contribution in [0.15, 0.2) is 0 Å². The number of primary amides is 1. The molecule has 0 radical (unpaired) electrons. The zero-order chi connectivity index (χ0) is 15.7. The molecule has 0 aromatic rings. The monoisotopic (exact) mass is 288 g/mol. The summed E-state index contributed by atoms with van der Waals surface area (Å²) in [5.41, 5.74) is 4.92. The van der Waals surface area contributed by atoms with Gasteiger partial charge in [-0.2, -0.15) is 0 Å². The van der Waals surface area contributed by atoms with Crippen LogP contribution in [0.4, 0.5) is 4.79 Å². The van der Waals surface area contributed by atoms with Gasteiger partial charge in [-0.25, -0.2) is 9.59 Å². The predicted molar refractivity (Wildman–Crippen MR) is 69.7 cm³/mol. The fraction of sp³-hybridized carbons (Fsp3) is 0.636. The van der Waals surface area contributed by atoms with E-state index in [0.29, 0.717) is 6.54 Å². The fourth-order valence-corrected chi connectivity index (χ4v) is 1.34. The zero-order valence-corrected chi connectivity index (χ0v) is 11.5. The van der Waals surface area contributed by atoms with Crippen molar-refractivity contribution in [1.29, 1.82) is 0 Å². The quantitative estimate of drug-likeness (QED) is 0.429. The van der Waals surface area contributed by atoms with Crippen LogP contribution in [-0.2, 0) is 14.4 Å². The Kier molecular flexibility index (Phi) is 7.71. The van der Waals surface area contributed by atoms with E-state index in [1.165, 1.54) is 7.05 Å². The van der Waals surface area contributed by atoms with Crippen LogP contribution < -0.4 is 16.4 Å². The lowest BCUT2D eigenvalue weighted by Crippen LogP contribution is -2.49. The molecular formula is C11H20N4O5. The maximum Gasteiger partial charge on any atom is 0.326 e. The van der Waals surface area contributed by atoms with Gasteiger partial charge in [0.2, 0.25) is 11.8 Å². The Bertz CT molecular complexity index is 385. The van der Waals surface area contributed by atoms with Crippen LogP contribution in [-0.4, -0.2) is 60.0 Å². The Balaban J connectivity index is 4.40. The molecule has 0 heterocycles. The number of carbonyl (C=O) groups is 4. The third kappa shape index (κ3) is 7.19. The molecule has 0 spiro atoms. The minimum atomic E-state index is -1.27. The number of carboxylic acid groups (broad SMARTS) is 1. The van der Waals surface area contributed by atoms with Crippen molar-refractivity contribution in [3.8, 4) is 0 Å². The van der Waals surface area contributed by atoms with Crippen molar-refractivity contribution >= 4 is 23.8 Å². The van der Waals surface area contributed by atoms with Crippen molar-refractivity contribution in [3.05, 3.63) is 0 Å². The van der Waals surface area contributed by atoms with Gasteiger partial charge < -0.3 is 26.4 Å². The average molecular weight is 288 g/mol. The molecule has 0 aromatic heterocycles. The molecule has 0 aliphatic carbocycles. The summed E-state index contributed by atoms with van der Waals surface area (Å²) in [7, 11) is 1.36. The van der Waals surface area contributed by atoms with Crippen molar-refractivity contribution in [2.45, 2.75) is 25.8 Å². The second-order valence-corrected chi connectivity index (χ2v) is 4.15. The highest BCUT2D eigenvalue weighted by Crippen LogP contribution is 1.99. The number of rotatable bonds is 8. The molecule has 0 aromatic carbocycles. The summed E-state index contributed by atoms with van der Waals surface area (Å²) >= 11 is 0. The Morgan fingerprint density at radius 3 is 2.35 bits per heavy atom. The molecule has 9 nitrogen and oxygen atoms in total. The summed E-state index contributed by atoms with van der Waals surface area (Å²) in [6.45, 7) is 1.98. The van der Waals surface area contributed by atoms with Gasteiger partial charge in [0.15, 0.2) is 0 Å². The van der Waals surface area contributed by atoms with E-state index in [-0.39, 0.29) is 25.3 Å². The first-order chi connectivity index (χ1) is 9.27. The molecule has 0 unspecified atom stereocenters. The molecule has 0 saturated carbocycles. The van der Waals surface area contributed by atoms with Crippen LogP contribution in [0.3, 0.4) is 0 Å². The Morgan fingerprint density at radius 1 is 1.30 bits per heavy atom. The SMILES string of the molecule is CCNC(=O)CN(C)C(=O)N[C@H](CCC(N)=O)C(=O)O. The van der Waals surface area contributed by atoms with E-state index in [1.807, 2.05) is 0 Å². The third-order valence-corrected chi connectivity index (χ3v) is 2.38. The van der Waals surface area contributed by atoms with Crippen LogP contribution in [0.5, 0.6) is 0 Å². The van der Waals surface area contributed by atoms with Gasteiger partial charge in [-0.1, -0.05) is 0 Å². The van der Waals surface area contributed by atoms with Gasteiger partial charge in [0, 0.05) is 20.0 Å². The fourth-order valence-electron chi connectivity index (χ4n) is 1.34. The molecule has 0 rings (SSSR count). The van der Waals surface area contributed by atoms with Crippen molar-refractivity contribution in [2.75, 3.05) is 20.1 Å². The van der Waals surface area contributed by atoms with E-state index in [0.717, 1.165) is 4.90 Å². The lowest BCUT2D eigenvalue weighted by molar-refractivity contribution is -0.139. The molecule has 114 valence electrons. The number of hydrogen-bond acceptors (Lipinski definition) is 4. The first-order valence-corrected chi connectivity index (χ1v) is 6.07. The topological polar surface area (TPSA) is 142 Å². The second-order valence-electron chi connectivity index (χ2n) is 4.15. The third-order valence-electron chi connectivity index (χ3n) is 2.38. The van der Waals surface area contributed by atoms with Gasteiger partial charge in [-0.3, -0.25) is 9.59 Å². The molecule has 5 N–H and O–H groups in total. The predicted octanol–water partition coefficient (Wildman–Crippen LogP) is -1.52. The minimum Gasteiger partial charge on any atom is -0.480 e. The average Bonchev–Trinajstić information content (AvgIpc) is 2.33. The summed E-state index contributed by atoms with van der Waals surface area (Å²) in [4.78, 5) is 45.6. The highest BCUT2D eigenvalue weighted by molar-refractivity contribution is 5.86. The van der Waals surface area contributed by atoms with Crippen molar-refractivity contribution < 1.29 is 24.3 Å². The normalized spacial score (nSPS) is 11.3. The lowest BCUT2D eigenvalue weighted by Gasteiger charge is -2.20. The Labute approximate surface area is 116 Å². The number of amides is 4. The summed E-state index contributed by atoms with van der Waals surface area (Å²) in [5, 5.41) is 13.6. The summed E-state index contributed by atoms with van der Waals surface area (Å²) < 4.78 is 0. The maximum absolute atomic E-state index is 11.7. The number of nitrogens with two attached hydrogens (primary N) is 1. The van der Waals surface area contributed by atoms with E-state index in [2.05, 4.69) is 10.6 Å². The Morgan fingerprint density at radius 2 is 1.90 bits per heavy atom. The maximum atomic E-state index is 11.7. The number of urea groups is 1. The summed E-state index contributed by atoms with van der Waals surface area (Å²) in [5.74, 6) is -2.28. The highest BCUT2D eigenvalue weighted by Gasteiger charge is 2.22. The highest BCUT2D eigenvalue weighted by atomic mass is 16.4. The number of nitrogens with one attached hydrogen (secondary N) is 2. The van der Waals surface area contributed by atoms with E-state index in [4.69, 9.17) is 10.8 Å². The number of aliphatic carboxylic acids is 1. The van der Waals surface area contributed by atoms with Crippen molar-refractivity contribution in [2.24, 2.45) is 5.73 Å². The van der Waals surface area contributed by atoms with E-state index in [1.54, 1.807) is 6.92 Å². The number of nitrogens with zero attached hydrogens (tertiary/aromatic N) is 1. The van der Waals surface area contributed by atoms with Crippen LogP contribution in [0.1, 0.15) is 19.8 Å². The van der Waals surface area contributed by atoms with Crippen molar-refractivity contribution in [1.82, 2.24) is 15.5 Å². The molecule has 0 aliphatic heterocycles. The van der Waals surface area contributed by atoms with Gasteiger partial charge in [-0.15, -0.1) is 0 Å². The van der Waals surface area contributed by atoms with Crippen LogP contribution in [0.2, 0.25) is 0 Å². The van der Waals surface area contributed by atoms with Gasteiger partial charge >= 0.3 is 12.0 Å².